The third-order valence-corrected chi connectivity index (χ3v) is 7.42. The highest BCUT2D eigenvalue weighted by Gasteiger charge is 2.42. The van der Waals surface area contributed by atoms with Gasteiger partial charge in [-0.15, -0.1) is 0 Å². The average molecular weight is 444 g/mol. The SMILES string of the molecule is [C-]#[N+]c1ccc2c(c1-c1ccccc1)C(C)(C)c1c-2ccc(C)c1-c1cc(C(C)C)cc[n+]1C. The first-order valence-electron chi connectivity index (χ1n) is 12.0. The van der Waals surface area contributed by atoms with Crippen molar-refractivity contribution in [1.82, 2.24) is 0 Å². The minimum atomic E-state index is -0.251. The quantitative estimate of drug-likeness (QED) is 0.223. The molecule has 0 unspecified atom stereocenters. The Bertz CT molecular complexity index is 1470. The van der Waals surface area contributed by atoms with Crippen molar-refractivity contribution in [3.8, 4) is 33.5 Å². The van der Waals surface area contributed by atoms with Crippen molar-refractivity contribution in [3.05, 3.63) is 107 Å². The van der Waals surface area contributed by atoms with Crippen molar-refractivity contribution in [3.63, 3.8) is 0 Å². The maximum atomic E-state index is 7.91. The van der Waals surface area contributed by atoms with E-state index in [0.29, 0.717) is 5.92 Å². The summed E-state index contributed by atoms with van der Waals surface area (Å²) in [6.07, 6.45) is 2.19. The molecule has 1 heterocycles. The van der Waals surface area contributed by atoms with Gasteiger partial charge in [-0.1, -0.05) is 82.3 Å². The number of pyridine rings is 1. The van der Waals surface area contributed by atoms with Crippen molar-refractivity contribution in [2.45, 2.75) is 46.0 Å². The minimum absolute atomic E-state index is 0.251. The van der Waals surface area contributed by atoms with Crippen LogP contribution < -0.4 is 4.57 Å². The molecule has 0 atom stereocenters. The number of aryl methyl sites for hydroxylation is 2. The van der Waals surface area contributed by atoms with Crippen LogP contribution in [0.2, 0.25) is 0 Å². The van der Waals surface area contributed by atoms with Crippen LogP contribution in [0.4, 0.5) is 5.69 Å². The van der Waals surface area contributed by atoms with Crippen molar-refractivity contribution >= 4 is 5.69 Å². The molecule has 1 aliphatic carbocycles. The van der Waals surface area contributed by atoms with E-state index in [1.165, 1.54) is 44.6 Å². The molecule has 3 aromatic carbocycles. The van der Waals surface area contributed by atoms with E-state index in [-0.39, 0.29) is 5.41 Å². The largest absolute Gasteiger partial charge is 0.238 e. The molecule has 168 valence electrons. The molecular formula is C32H31N2+. The van der Waals surface area contributed by atoms with E-state index in [2.05, 4.69) is 112 Å². The lowest BCUT2D eigenvalue weighted by Crippen LogP contribution is -2.32. The van der Waals surface area contributed by atoms with Gasteiger partial charge in [-0.25, -0.2) is 9.41 Å². The van der Waals surface area contributed by atoms with Gasteiger partial charge in [0, 0.05) is 17.5 Å². The number of benzene rings is 3. The van der Waals surface area contributed by atoms with Gasteiger partial charge in [0.25, 0.3) is 0 Å². The predicted molar refractivity (Wildman–Crippen MR) is 141 cm³/mol. The van der Waals surface area contributed by atoms with Gasteiger partial charge in [-0.3, -0.25) is 0 Å². The number of rotatable bonds is 3. The summed E-state index contributed by atoms with van der Waals surface area (Å²) in [4.78, 5) is 3.94. The minimum Gasteiger partial charge on any atom is -0.238 e. The molecule has 4 aromatic rings. The fraction of sp³-hybridized carbons (Fsp3) is 0.250. The smallest absolute Gasteiger partial charge is 0.213 e. The molecule has 0 bridgehead atoms. The molecule has 0 saturated heterocycles. The van der Waals surface area contributed by atoms with Crippen LogP contribution in [0.1, 0.15) is 55.9 Å². The Morgan fingerprint density at radius 1 is 0.853 bits per heavy atom. The maximum absolute atomic E-state index is 7.91. The molecule has 34 heavy (non-hydrogen) atoms. The molecule has 0 amide bonds. The summed E-state index contributed by atoms with van der Waals surface area (Å²) in [6, 6.07) is 23.7. The Hall–Kier alpha value is -3.70. The van der Waals surface area contributed by atoms with Crippen LogP contribution in [0.3, 0.4) is 0 Å². The van der Waals surface area contributed by atoms with E-state index >= 15 is 0 Å². The first-order valence-corrected chi connectivity index (χ1v) is 12.0. The monoisotopic (exact) mass is 443 g/mol. The van der Waals surface area contributed by atoms with Gasteiger partial charge in [-0.2, -0.15) is 0 Å². The molecule has 0 spiro atoms. The lowest BCUT2D eigenvalue weighted by atomic mass is 9.75. The van der Waals surface area contributed by atoms with Gasteiger partial charge in [0.05, 0.1) is 12.1 Å². The van der Waals surface area contributed by atoms with Gasteiger partial charge >= 0.3 is 0 Å². The Kier molecular flexibility index (Phi) is 5.18. The molecule has 0 aliphatic heterocycles. The molecule has 2 heteroatoms. The van der Waals surface area contributed by atoms with Crippen molar-refractivity contribution in [1.29, 1.82) is 0 Å². The summed E-state index contributed by atoms with van der Waals surface area (Å²) in [5.41, 5.74) is 13.0. The molecule has 5 rings (SSSR count). The van der Waals surface area contributed by atoms with Gasteiger partial charge in [0.1, 0.15) is 7.05 Å². The summed E-state index contributed by atoms with van der Waals surface area (Å²) in [5, 5.41) is 0. The summed E-state index contributed by atoms with van der Waals surface area (Å²) in [5.74, 6) is 0.466. The van der Waals surface area contributed by atoms with Crippen molar-refractivity contribution < 1.29 is 4.57 Å². The number of hydrogen-bond donors (Lipinski definition) is 0. The van der Waals surface area contributed by atoms with Crippen molar-refractivity contribution in [2.24, 2.45) is 7.05 Å². The number of hydrogen-bond acceptors (Lipinski definition) is 0. The third-order valence-electron chi connectivity index (χ3n) is 7.42. The third kappa shape index (κ3) is 3.19. The number of nitrogens with zero attached hydrogens (tertiary/aromatic N) is 2. The van der Waals surface area contributed by atoms with E-state index < -0.39 is 0 Å². The molecular weight excluding hydrogens is 412 g/mol. The van der Waals surface area contributed by atoms with E-state index in [0.717, 1.165) is 16.8 Å². The zero-order valence-corrected chi connectivity index (χ0v) is 20.9. The molecule has 0 N–H and O–H groups in total. The highest BCUT2D eigenvalue weighted by atomic mass is 14.9. The second-order valence-electron chi connectivity index (χ2n) is 10.3. The van der Waals surface area contributed by atoms with Crippen molar-refractivity contribution in [2.75, 3.05) is 0 Å². The molecule has 0 saturated carbocycles. The lowest BCUT2D eigenvalue weighted by Gasteiger charge is -2.27. The van der Waals surface area contributed by atoms with Gasteiger partial charge < -0.3 is 0 Å². The first kappa shape index (κ1) is 22.1. The summed E-state index contributed by atoms with van der Waals surface area (Å²) in [7, 11) is 2.14. The number of aromatic nitrogens is 1. The fourth-order valence-electron chi connectivity index (χ4n) is 5.68. The van der Waals surface area contributed by atoms with E-state index in [4.69, 9.17) is 6.57 Å². The zero-order chi connectivity index (χ0) is 24.2. The highest BCUT2D eigenvalue weighted by molar-refractivity contribution is 5.96. The van der Waals surface area contributed by atoms with E-state index in [1.54, 1.807) is 0 Å². The average Bonchev–Trinajstić information content (AvgIpc) is 3.06. The molecule has 1 aliphatic rings. The van der Waals surface area contributed by atoms with Crippen LogP contribution >= 0.6 is 0 Å². The van der Waals surface area contributed by atoms with Crippen LogP contribution in [0.25, 0.3) is 38.4 Å². The van der Waals surface area contributed by atoms with E-state index in [9.17, 15) is 0 Å². The second-order valence-corrected chi connectivity index (χ2v) is 10.3. The second kappa shape index (κ2) is 7.96. The number of fused-ring (bicyclic) bond motifs is 3. The summed E-state index contributed by atoms with van der Waals surface area (Å²) < 4.78 is 2.25. The molecule has 0 fully saturated rings. The predicted octanol–water partition coefficient (Wildman–Crippen LogP) is 8.13. The molecule has 1 aromatic heterocycles. The van der Waals surface area contributed by atoms with Crippen LogP contribution in [0, 0.1) is 13.5 Å². The van der Waals surface area contributed by atoms with E-state index in [1.807, 2.05) is 12.1 Å². The standard InChI is InChI=1S/C32H31N2/c1-20(2)23-17-18-34(7)27(19-23)28-21(3)13-14-24-25-15-16-26(33-6)29(22-11-9-8-10-12-22)31(25)32(4,5)30(24)28/h8-20H,1-5,7H3/q+1. The van der Waals surface area contributed by atoms with Crippen LogP contribution in [-0.2, 0) is 12.5 Å². The van der Waals surface area contributed by atoms with Crippen LogP contribution in [0.15, 0.2) is 72.9 Å². The highest BCUT2D eigenvalue weighted by Crippen LogP contribution is 2.57. The van der Waals surface area contributed by atoms with Gasteiger partial charge in [0.15, 0.2) is 11.9 Å². The summed E-state index contributed by atoms with van der Waals surface area (Å²) in [6.45, 7) is 19.3. The lowest BCUT2D eigenvalue weighted by molar-refractivity contribution is -0.660. The Morgan fingerprint density at radius 3 is 2.15 bits per heavy atom. The van der Waals surface area contributed by atoms with Gasteiger partial charge in [-0.05, 0) is 57.3 Å². The topological polar surface area (TPSA) is 8.24 Å². The van der Waals surface area contributed by atoms with Crippen LogP contribution in [0.5, 0.6) is 0 Å². The normalized spacial score (nSPS) is 13.5. The fourth-order valence-corrected chi connectivity index (χ4v) is 5.68. The Balaban J connectivity index is 1.86. The maximum Gasteiger partial charge on any atom is 0.213 e. The van der Waals surface area contributed by atoms with Crippen LogP contribution in [-0.4, -0.2) is 0 Å². The van der Waals surface area contributed by atoms with Gasteiger partial charge in [0.2, 0.25) is 5.69 Å². The Morgan fingerprint density at radius 2 is 1.50 bits per heavy atom. The Labute approximate surface area is 203 Å². The summed E-state index contributed by atoms with van der Waals surface area (Å²) >= 11 is 0. The molecule has 0 radical (unpaired) electrons. The first-order chi connectivity index (χ1) is 16.3. The molecule has 2 nitrogen and oxygen atoms in total. The zero-order valence-electron chi connectivity index (χ0n) is 20.9.